The lowest BCUT2D eigenvalue weighted by Crippen LogP contribution is -2.13. The fourth-order valence-electron chi connectivity index (χ4n) is 7.06. The van der Waals surface area contributed by atoms with E-state index in [1.165, 1.54) is 211 Å². The number of hydrogen-bond donors (Lipinski definition) is 0. The Balaban J connectivity index is 2.41. The highest BCUT2D eigenvalue weighted by Gasteiger charge is 2.19. The number of unbranched alkanes of at least 4 members (excludes halogenated alkanes) is 26. The average molecular weight is 601 g/mol. The van der Waals surface area contributed by atoms with Gasteiger partial charge in [0.25, 0.3) is 0 Å². The van der Waals surface area contributed by atoms with Crippen molar-refractivity contribution in [2.24, 2.45) is 0 Å². The Morgan fingerprint density at radius 3 is 1.09 bits per heavy atom. The third-order valence-electron chi connectivity index (χ3n) is 10.1. The van der Waals surface area contributed by atoms with Gasteiger partial charge in [-0.3, -0.25) is 0 Å². The van der Waals surface area contributed by atoms with Crippen LogP contribution >= 0.6 is 0 Å². The molecule has 0 aliphatic heterocycles. The lowest BCUT2D eigenvalue weighted by Gasteiger charge is -2.22. The minimum absolute atomic E-state index is 0.588. The highest BCUT2D eigenvalue weighted by Crippen LogP contribution is 2.31. The van der Waals surface area contributed by atoms with Gasteiger partial charge in [-0.2, -0.15) is 0 Å². The SMILES string of the molecule is CCCCCCCCCCCCCCC(CCCCCCCCCCCCC)c1nccn1C(C)CCCCCCCC. The Kier molecular flexibility index (Phi) is 29.2. The second-order valence-electron chi connectivity index (χ2n) is 14.3. The second-order valence-corrected chi connectivity index (χ2v) is 14.3. The smallest absolute Gasteiger partial charge is 0.111 e. The summed E-state index contributed by atoms with van der Waals surface area (Å²) in [6.07, 6.45) is 49.7. The summed E-state index contributed by atoms with van der Waals surface area (Å²) in [4.78, 5) is 5.01. The van der Waals surface area contributed by atoms with E-state index in [-0.39, 0.29) is 0 Å². The Hall–Kier alpha value is -0.790. The average Bonchev–Trinajstić information content (AvgIpc) is 3.51. The molecule has 0 amide bonds. The van der Waals surface area contributed by atoms with Crippen LogP contribution in [0.5, 0.6) is 0 Å². The van der Waals surface area contributed by atoms with Gasteiger partial charge in [0.2, 0.25) is 0 Å². The lowest BCUT2D eigenvalue weighted by atomic mass is 9.92. The van der Waals surface area contributed by atoms with Crippen LogP contribution in [0.1, 0.15) is 251 Å². The number of hydrogen-bond acceptors (Lipinski definition) is 1. The molecule has 0 spiro atoms. The molecule has 0 aromatic carbocycles. The lowest BCUT2D eigenvalue weighted by molar-refractivity contribution is 0.412. The third kappa shape index (κ3) is 23.2. The van der Waals surface area contributed by atoms with Crippen LogP contribution < -0.4 is 0 Å². The summed E-state index contributed by atoms with van der Waals surface area (Å²) < 4.78 is 2.58. The number of nitrogens with zero attached hydrogens (tertiary/aromatic N) is 2. The maximum atomic E-state index is 5.01. The number of rotatable bonds is 34. The molecule has 0 N–H and O–H groups in total. The highest BCUT2D eigenvalue weighted by atomic mass is 15.1. The molecule has 2 heteroatoms. The van der Waals surface area contributed by atoms with Crippen molar-refractivity contribution in [1.82, 2.24) is 9.55 Å². The summed E-state index contributed by atoms with van der Waals surface area (Å²) in [5.41, 5.74) is 0. The van der Waals surface area contributed by atoms with Crippen LogP contribution in [0.25, 0.3) is 0 Å². The third-order valence-corrected chi connectivity index (χ3v) is 10.1. The topological polar surface area (TPSA) is 17.8 Å². The monoisotopic (exact) mass is 601 g/mol. The van der Waals surface area contributed by atoms with Crippen LogP contribution in [0.15, 0.2) is 12.4 Å². The molecule has 0 saturated heterocycles. The Labute approximate surface area is 272 Å². The quantitative estimate of drug-likeness (QED) is 0.0719. The van der Waals surface area contributed by atoms with Gasteiger partial charge in [0.05, 0.1) is 0 Å². The van der Waals surface area contributed by atoms with Gasteiger partial charge in [-0.05, 0) is 26.2 Å². The molecule has 1 rings (SSSR count). The Morgan fingerprint density at radius 2 is 0.744 bits per heavy atom. The molecule has 1 heterocycles. The van der Waals surface area contributed by atoms with E-state index < -0.39 is 0 Å². The van der Waals surface area contributed by atoms with Crippen molar-refractivity contribution in [3.8, 4) is 0 Å². The number of imidazole rings is 1. The molecule has 254 valence electrons. The van der Waals surface area contributed by atoms with E-state index in [9.17, 15) is 0 Å². The molecular weight excluding hydrogens is 520 g/mol. The van der Waals surface area contributed by atoms with Crippen molar-refractivity contribution >= 4 is 0 Å². The fourth-order valence-corrected chi connectivity index (χ4v) is 7.06. The Bertz CT molecular complexity index is 664. The van der Waals surface area contributed by atoms with Crippen LogP contribution in [-0.2, 0) is 0 Å². The summed E-state index contributed by atoms with van der Waals surface area (Å²) >= 11 is 0. The van der Waals surface area contributed by atoms with E-state index in [1.807, 2.05) is 0 Å². The van der Waals surface area contributed by atoms with Gasteiger partial charge in [0.1, 0.15) is 5.82 Å². The molecule has 43 heavy (non-hydrogen) atoms. The van der Waals surface area contributed by atoms with Gasteiger partial charge in [-0.15, -0.1) is 0 Å². The van der Waals surface area contributed by atoms with Crippen molar-refractivity contribution in [3.05, 3.63) is 18.2 Å². The molecule has 2 nitrogen and oxygen atoms in total. The van der Waals surface area contributed by atoms with E-state index in [0.29, 0.717) is 12.0 Å². The predicted molar refractivity (Wildman–Crippen MR) is 194 cm³/mol. The van der Waals surface area contributed by atoms with Gasteiger partial charge in [0.15, 0.2) is 0 Å². The molecule has 1 aromatic rings. The van der Waals surface area contributed by atoms with Crippen LogP contribution in [-0.4, -0.2) is 9.55 Å². The summed E-state index contributed by atoms with van der Waals surface area (Å²) in [6.45, 7) is 9.38. The first-order valence-electron chi connectivity index (χ1n) is 20.3. The molecule has 0 aliphatic carbocycles. The van der Waals surface area contributed by atoms with Crippen LogP contribution in [0.2, 0.25) is 0 Å². The van der Waals surface area contributed by atoms with Crippen molar-refractivity contribution in [2.75, 3.05) is 0 Å². The van der Waals surface area contributed by atoms with Gasteiger partial charge < -0.3 is 4.57 Å². The molecule has 0 bridgehead atoms. The van der Waals surface area contributed by atoms with Crippen molar-refractivity contribution in [1.29, 1.82) is 0 Å². The van der Waals surface area contributed by atoms with Crippen LogP contribution in [0.4, 0.5) is 0 Å². The van der Waals surface area contributed by atoms with E-state index in [2.05, 4.69) is 44.7 Å². The highest BCUT2D eigenvalue weighted by molar-refractivity contribution is 5.02. The van der Waals surface area contributed by atoms with Crippen LogP contribution in [0, 0.1) is 0 Å². The summed E-state index contributed by atoms with van der Waals surface area (Å²) in [5.74, 6) is 2.07. The standard InChI is InChI=1S/C41H80N2/c1-5-8-11-14-17-19-21-23-25-27-30-33-36-40(35-32-29-26-24-22-20-18-15-12-9-6-2)41-42-37-38-43(41)39(4)34-31-28-16-13-10-7-3/h37-40H,5-36H2,1-4H3. The van der Waals surface area contributed by atoms with Gasteiger partial charge >= 0.3 is 0 Å². The van der Waals surface area contributed by atoms with Crippen LogP contribution in [0.3, 0.4) is 0 Å². The maximum absolute atomic E-state index is 5.01. The van der Waals surface area contributed by atoms with E-state index >= 15 is 0 Å². The largest absolute Gasteiger partial charge is 0.332 e. The molecule has 0 saturated carbocycles. The zero-order valence-electron chi connectivity index (χ0n) is 30.3. The molecule has 1 aromatic heterocycles. The summed E-state index contributed by atoms with van der Waals surface area (Å²) in [6, 6.07) is 0.588. The normalized spacial score (nSPS) is 13.1. The van der Waals surface area contributed by atoms with Gasteiger partial charge in [-0.25, -0.2) is 4.98 Å². The van der Waals surface area contributed by atoms with E-state index in [1.54, 1.807) is 0 Å². The minimum atomic E-state index is 0.588. The van der Waals surface area contributed by atoms with Gasteiger partial charge in [0, 0.05) is 24.4 Å². The summed E-state index contributed by atoms with van der Waals surface area (Å²) in [7, 11) is 0. The van der Waals surface area contributed by atoms with Crippen molar-refractivity contribution in [2.45, 2.75) is 245 Å². The summed E-state index contributed by atoms with van der Waals surface area (Å²) in [5, 5.41) is 0. The van der Waals surface area contributed by atoms with E-state index in [4.69, 9.17) is 4.98 Å². The fraction of sp³-hybridized carbons (Fsp3) is 0.927. The van der Waals surface area contributed by atoms with Crippen molar-refractivity contribution < 1.29 is 0 Å². The number of aromatic nitrogens is 2. The molecule has 0 aliphatic rings. The predicted octanol–water partition coefficient (Wildman–Crippen LogP) is 15.1. The minimum Gasteiger partial charge on any atom is -0.332 e. The maximum Gasteiger partial charge on any atom is 0.111 e. The molecule has 0 radical (unpaired) electrons. The Morgan fingerprint density at radius 1 is 0.442 bits per heavy atom. The molecule has 0 fully saturated rings. The van der Waals surface area contributed by atoms with Crippen molar-refractivity contribution in [3.63, 3.8) is 0 Å². The zero-order chi connectivity index (χ0) is 31.1. The zero-order valence-corrected chi connectivity index (χ0v) is 30.3. The molecular formula is C41H80N2. The first-order chi connectivity index (χ1) is 21.2. The van der Waals surface area contributed by atoms with Gasteiger partial charge in [-0.1, -0.05) is 207 Å². The first kappa shape index (κ1) is 40.2. The molecule has 2 unspecified atom stereocenters. The van der Waals surface area contributed by atoms with E-state index in [0.717, 1.165) is 0 Å². The molecule has 2 atom stereocenters. The second kappa shape index (κ2) is 31.2. The first-order valence-corrected chi connectivity index (χ1v) is 20.3.